The first-order valence-electron chi connectivity index (χ1n) is 4.42. The predicted octanol–water partition coefficient (Wildman–Crippen LogP) is 3.14. The van der Waals surface area contributed by atoms with E-state index in [-0.39, 0.29) is 12.8 Å². The number of hydrogen-bond donors (Lipinski definition) is 2. The molecule has 0 bridgehead atoms. The van der Waals surface area contributed by atoms with Crippen LogP contribution in [0.25, 0.3) is 0 Å². The average Bonchev–Trinajstić information content (AvgIpc) is 2.21. The topological polar surface area (TPSA) is 74.6 Å². The second kappa shape index (κ2) is 7.78. The lowest BCUT2D eigenvalue weighted by atomic mass is 10.4. The lowest BCUT2D eigenvalue weighted by Crippen LogP contribution is -2.20. The Kier molecular flexibility index (Phi) is 8.08. The largest absolute Gasteiger partial charge is 0.286 e. The number of carbonyl (C=O) groups is 2. The molecule has 0 aliphatic heterocycles. The summed E-state index contributed by atoms with van der Waals surface area (Å²) in [4.78, 5) is 22.6. The molecule has 0 radical (unpaired) electrons. The maximum atomic E-state index is 11.3. The molecule has 0 amide bonds. The summed E-state index contributed by atoms with van der Waals surface area (Å²) in [6, 6.07) is 0. The molecule has 0 aliphatic rings. The van der Waals surface area contributed by atoms with E-state index in [0.29, 0.717) is 23.5 Å². The van der Waals surface area contributed by atoms with Crippen LogP contribution in [0.4, 0.5) is 0 Å². The van der Waals surface area contributed by atoms with Crippen LogP contribution in [-0.2, 0) is 9.59 Å². The van der Waals surface area contributed by atoms with E-state index in [4.69, 9.17) is 0 Å². The Bertz CT molecular complexity index is 211. The van der Waals surface area contributed by atoms with E-state index >= 15 is 0 Å². The van der Waals surface area contributed by atoms with E-state index in [0.717, 1.165) is 0 Å². The van der Waals surface area contributed by atoms with Gasteiger partial charge in [-0.05, 0) is 12.8 Å². The van der Waals surface area contributed by atoms with Crippen LogP contribution in [0.1, 0.15) is 25.7 Å². The van der Waals surface area contributed by atoms with Crippen molar-refractivity contribution in [1.82, 2.24) is 0 Å². The van der Waals surface area contributed by atoms with Crippen molar-refractivity contribution >= 4 is 52.7 Å². The van der Waals surface area contributed by atoms with Crippen molar-refractivity contribution in [1.29, 1.82) is 0 Å². The van der Waals surface area contributed by atoms with Gasteiger partial charge < -0.3 is 0 Å². The quantitative estimate of drug-likeness (QED) is 0.709. The van der Waals surface area contributed by atoms with Crippen LogP contribution in [0.5, 0.6) is 0 Å². The van der Waals surface area contributed by atoms with Gasteiger partial charge in [-0.2, -0.15) is 0 Å². The van der Waals surface area contributed by atoms with E-state index in [1.165, 1.54) is 0 Å². The number of carbonyl (C=O) groups excluding carboxylic acids is 2. The third kappa shape index (κ3) is 5.44. The Hall–Kier alpha value is 0.570. The second-order valence-electron chi connectivity index (χ2n) is 2.88. The van der Waals surface area contributed by atoms with Gasteiger partial charge in [0.1, 0.15) is 0 Å². The van der Waals surface area contributed by atoms with Crippen LogP contribution in [0.2, 0.25) is 0 Å². The van der Waals surface area contributed by atoms with Gasteiger partial charge in [-0.3, -0.25) is 18.7 Å². The maximum absolute atomic E-state index is 11.3. The molecular formula is C8H14Br2O4S. The molecule has 0 atom stereocenters. The summed E-state index contributed by atoms with van der Waals surface area (Å²) in [6.45, 7) is 0. The van der Waals surface area contributed by atoms with Crippen molar-refractivity contribution in [3.8, 4) is 0 Å². The molecule has 0 heterocycles. The van der Waals surface area contributed by atoms with Crippen molar-refractivity contribution in [3.63, 3.8) is 0 Å². The van der Waals surface area contributed by atoms with Gasteiger partial charge in [-0.15, -0.1) is 0 Å². The summed E-state index contributed by atoms with van der Waals surface area (Å²) >= 11 is 6.25. The van der Waals surface area contributed by atoms with Crippen molar-refractivity contribution < 1.29 is 18.7 Å². The highest BCUT2D eigenvalue weighted by Gasteiger charge is 2.30. The number of alkyl halides is 2. The molecule has 7 heteroatoms. The zero-order chi connectivity index (χ0) is 11.9. The standard InChI is InChI=1S/C8H14Br2O4S/c9-5-1-3-7(11)15(13,14)8(12)4-2-6-10/h13-14H,1-6H2. The predicted molar refractivity (Wildman–Crippen MR) is 68.9 cm³/mol. The monoisotopic (exact) mass is 364 g/mol. The van der Waals surface area contributed by atoms with Crippen molar-refractivity contribution in [2.75, 3.05) is 10.7 Å². The molecule has 0 aromatic rings. The minimum absolute atomic E-state index is 0.0215. The molecule has 0 fully saturated rings. The molecule has 2 N–H and O–H groups in total. The molecule has 0 saturated carbocycles. The fourth-order valence-electron chi connectivity index (χ4n) is 0.834. The first kappa shape index (κ1) is 15.6. The highest BCUT2D eigenvalue weighted by molar-refractivity contribution is 9.09. The fraction of sp³-hybridized carbons (Fsp3) is 0.750. The molecule has 0 aromatic carbocycles. The Morgan fingerprint density at radius 3 is 1.53 bits per heavy atom. The van der Waals surface area contributed by atoms with Crippen LogP contribution >= 0.6 is 42.4 Å². The van der Waals surface area contributed by atoms with Gasteiger partial charge in [0.25, 0.3) is 0 Å². The molecule has 0 unspecified atom stereocenters. The Morgan fingerprint density at radius 1 is 0.933 bits per heavy atom. The zero-order valence-electron chi connectivity index (χ0n) is 8.12. The summed E-state index contributed by atoms with van der Waals surface area (Å²) in [6.07, 6.45) is 1.04. The van der Waals surface area contributed by atoms with E-state index in [1.54, 1.807) is 0 Å². The van der Waals surface area contributed by atoms with Gasteiger partial charge >= 0.3 is 0 Å². The van der Waals surface area contributed by atoms with E-state index in [1.807, 2.05) is 0 Å². The third-order valence-corrected chi connectivity index (χ3v) is 4.46. The van der Waals surface area contributed by atoms with Gasteiger partial charge in [0.15, 0.2) is 0 Å². The Labute approximate surface area is 107 Å². The Balaban J connectivity index is 4.24. The van der Waals surface area contributed by atoms with Gasteiger partial charge in [0, 0.05) is 23.5 Å². The third-order valence-electron chi connectivity index (χ3n) is 1.66. The minimum atomic E-state index is -3.70. The number of halogens is 2. The van der Waals surface area contributed by atoms with Crippen LogP contribution in [0, 0.1) is 0 Å². The molecule has 0 rings (SSSR count). The van der Waals surface area contributed by atoms with Crippen LogP contribution in [0.3, 0.4) is 0 Å². The highest BCUT2D eigenvalue weighted by atomic mass is 79.9. The summed E-state index contributed by atoms with van der Waals surface area (Å²) in [5, 5.41) is -0.295. The van der Waals surface area contributed by atoms with Crippen LogP contribution in [0.15, 0.2) is 0 Å². The molecule has 90 valence electrons. The minimum Gasteiger partial charge on any atom is -0.286 e. The zero-order valence-corrected chi connectivity index (χ0v) is 12.1. The highest BCUT2D eigenvalue weighted by Crippen LogP contribution is 2.43. The Morgan fingerprint density at radius 2 is 1.27 bits per heavy atom. The average molecular weight is 366 g/mol. The second-order valence-corrected chi connectivity index (χ2v) is 6.47. The maximum Gasteiger partial charge on any atom is 0.246 e. The molecule has 4 nitrogen and oxygen atoms in total. The van der Waals surface area contributed by atoms with E-state index < -0.39 is 20.8 Å². The van der Waals surface area contributed by atoms with Crippen molar-refractivity contribution in [3.05, 3.63) is 0 Å². The molecule has 15 heavy (non-hydrogen) atoms. The number of hydrogen-bond acceptors (Lipinski definition) is 4. The summed E-state index contributed by atoms with van der Waals surface area (Å²) < 4.78 is 18.8. The van der Waals surface area contributed by atoms with Gasteiger partial charge in [-0.1, -0.05) is 42.4 Å². The van der Waals surface area contributed by atoms with E-state index in [2.05, 4.69) is 31.9 Å². The molecule has 0 spiro atoms. The summed E-state index contributed by atoms with van der Waals surface area (Å²) in [5.41, 5.74) is 0. The smallest absolute Gasteiger partial charge is 0.246 e. The SMILES string of the molecule is O=C(CCCBr)S(O)(O)C(=O)CCCBr. The molecular weight excluding hydrogens is 352 g/mol. The van der Waals surface area contributed by atoms with Gasteiger partial charge in [0.05, 0.1) is 0 Å². The van der Waals surface area contributed by atoms with Crippen molar-refractivity contribution in [2.24, 2.45) is 0 Å². The molecule has 0 aliphatic carbocycles. The summed E-state index contributed by atoms with van der Waals surface area (Å²) in [7, 11) is -3.70. The summed E-state index contributed by atoms with van der Waals surface area (Å²) in [5.74, 6) is 0. The lowest BCUT2D eigenvalue weighted by molar-refractivity contribution is -0.115. The lowest BCUT2D eigenvalue weighted by Gasteiger charge is -2.27. The normalized spacial score (nSPS) is 12.5. The van der Waals surface area contributed by atoms with Crippen LogP contribution in [-0.4, -0.2) is 30.0 Å². The molecule has 0 saturated heterocycles. The van der Waals surface area contributed by atoms with Gasteiger partial charge in [-0.25, -0.2) is 0 Å². The van der Waals surface area contributed by atoms with Gasteiger partial charge in [0.2, 0.25) is 10.2 Å². The van der Waals surface area contributed by atoms with Crippen molar-refractivity contribution in [2.45, 2.75) is 25.7 Å². The van der Waals surface area contributed by atoms with Crippen LogP contribution < -0.4 is 0 Å². The first-order valence-corrected chi connectivity index (χ1v) is 8.21. The molecule has 0 aromatic heterocycles. The fourth-order valence-corrected chi connectivity index (χ4v) is 2.51. The van der Waals surface area contributed by atoms with E-state index in [9.17, 15) is 18.7 Å². The number of rotatable bonds is 6. The first-order chi connectivity index (χ1) is 6.96.